The number of hydrogen-bond acceptors (Lipinski definition) is 7. The van der Waals surface area contributed by atoms with Crippen LogP contribution in [0.15, 0.2) is 40.3 Å². The lowest BCUT2D eigenvalue weighted by Gasteiger charge is -2.13. The number of rotatable bonds is 9. The number of nitrogens with two attached hydrogens (primary N) is 1. The third-order valence-electron chi connectivity index (χ3n) is 4.83. The van der Waals surface area contributed by atoms with E-state index in [1.54, 1.807) is 0 Å². The van der Waals surface area contributed by atoms with Crippen LogP contribution in [0.5, 0.6) is 0 Å². The van der Waals surface area contributed by atoms with Gasteiger partial charge in [-0.2, -0.15) is 13.2 Å². The fourth-order valence-corrected chi connectivity index (χ4v) is 4.12. The number of hydrogen-bond donors (Lipinski definition) is 3. The summed E-state index contributed by atoms with van der Waals surface area (Å²) in [5.74, 6) is -1.87. The van der Waals surface area contributed by atoms with Gasteiger partial charge in [0.2, 0.25) is 9.84 Å². The fraction of sp³-hybridized carbons (Fsp3) is 0.400. The molecule has 33 heavy (non-hydrogen) atoms. The topological polar surface area (TPSA) is 132 Å². The van der Waals surface area contributed by atoms with Gasteiger partial charge < -0.3 is 20.9 Å². The zero-order valence-corrected chi connectivity index (χ0v) is 17.9. The first-order valence-corrected chi connectivity index (χ1v) is 11.3. The first-order valence-electron chi connectivity index (χ1n) is 9.81. The second-order valence-electron chi connectivity index (χ2n) is 7.60. The normalized spacial score (nSPS) is 15.3. The molecule has 0 saturated heterocycles. The minimum atomic E-state index is -4.85. The molecular formula is C20H21F4N3O5S. The zero-order chi connectivity index (χ0) is 24.4. The van der Waals surface area contributed by atoms with Gasteiger partial charge in [0.15, 0.2) is 5.69 Å². The van der Waals surface area contributed by atoms with E-state index in [1.807, 2.05) is 0 Å². The molecule has 0 radical (unpaired) electrons. The average molecular weight is 491 g/mol. The number of nitrogen functional groups attached to an aromatic ring is 1. The number of sulfone groups is 1. The highest BCUT2D eigenvalue weighted by atomic mass is 32.2. The van der Waals surface area contributed by atoms with Gasteiger partial charge >= 0.3 is 6.18 Å². The number of carbonyl (C=O) groups is 1. The van der Waals surface area contributed by atoms with Crippen molar-refractivity contribution in [3.63, 3.8) is 0 Å². The van der Waals surface area contributed by atoms with Gasteiger partial charge in [0.25, 0.3) is 5.91 Å². The standard InChI is InChI=1S/C20H21F4N3O5S/c21-15-5-12(20(22,23)24)3-4-17(15)33(30,31)14-6-16(25)18(26-8-14)19(29)27-7-13(28)10-32-9-11-1-2-11/h3-6,8,11,13,28H,1-2,7,9-10,25H2,(H,27,29). The molecule has 2 aromatic rings. The maximum Gasteiger partial charge on any atom is 0.416 e. The Morgan fingerprint density at radius 2 is 2.00 bits per heavy atom. The first-order chi connectivity index (χ1) is 15.4. The van der Waals surface area contributed by atoms with Crippen molar-refractivity contribution >= 4 is 21.4 Å². The third-order valence-corrected chi connectivity index (χ3v) is 6.58. The molecule has 8 nitrogen and oxygen atoms in total. The van der Waals surface area contributed by atoms with Gasteiger partial charge in [0.05, 0.1) is 28.9 Å². The van der Waals surface area contributed by atoms with E-state index in [0.29, 0.717) is 24.7 Å². The van der Waals surface area contributed by atoms with Gasteiger partial charge in [0.1, 0.15) is 10.7 Å². The SMILES string of the molecule is Nc1cc(S(=O)(=O)c2ccc(C(F)(F)F)cc2F)cnc1C(=O)NCC(O)COCC1CC1. The monoisotopic (exact) mass is 491 g/mol. The molecule has 1 atom stereocenters. The molecule has 1 amide bonds. The summed E-state index contributed by atoms with van der Waals surface area (Å²) in [4.78, 5) is 14.3. The molecular weight excluding hydrogens is 470 g/mol. The molecule has 1 saturated carbocycles. The van der Waals surface area contributed by atoms with Crippen molar-refractivity contribution in [1.82, 2.24) is 10.3 Å². The second kappa shape index (κ2) is 9.61. The lowest BCUT2D eigenvalue weighted by molar-refractivity contribution is -0.137. The molecule has 0 spiro atoms. The Morgan fingerprint density at radius 1 is 1.30 bits per heavy atom. The van der Waals surface area contributed by atoms with Crippen LogP contribution in [0.25, 0.3) is 0 Å². The summed E-state index contributed by atoms with van der Waals surface area (Å²) < 4.78 is 82.9. The lowest BCUT2D eigenvalue weighted by Crippen LogP contribution is -2.35. The Kier molecular flexibility index (Phi) is 7.24. The van der Waals surface area contributed by atoms with Crippen molar-refractivity contribution in [3.05, 3.63) is 47.5 Å². The molecule has 0 bridgehead atoms. The summed E-state index contributed by atoms with van der Waals surface area (Å²) in [6.07, 6.45) is -2.89. The van der Waals surface area contributed by atoms with Crippen LogP contribution in [0.4, 0.5) is 23.2 Å². The molecule has 1 heterocycles. The van der Waals surface area contributed by atoms with Crippen molar-refractivity contribution in [1.29, 1.82) is 0 Å². The van der Waals surface area contributed by atoms with Crippen molar-refractivity contribution in [2.24, 2.45) is 5.92 Å². The highest BCUT2D eigenvalue weighted by Gasteiger charge is 2.33. The van der Waals surface area contributed by atoms with E-state index in [0.717, 1.165) is 25.1 Å². The number of ether oxygens (including phenoxy) is 1. The minimum absolute atomic E-state index is 0.0234. The molecule has 180 valence electrons. The van der Waals surface area contributed by atoms with Gasteiger partial charge in [-0.3, -0.25) is 4.79 Å². The van der Waals surface area contributed by atoms with Crippen LogP contribution >= 0.6 is 0 Å². The van der Waals surface area contributed by atoms with Gasteiger partial charge in [-0.1, -0.05) is 0 Å². The quantitative estimate of drug-likeness (QED) is 0.458. The van der Waals surface area contributed by atoms with E-state index in [9.17, 15) is 35.9 Å². The van der Waals surface area contributed by atoms with E-state index in [1.165, 1.54) is 0 Å². The molecule has 1 aliphatic rings. The highest BCUT2D eigenvalue weighted by Crippen LogP contribution is 2.33. The lowest BCUT2D eigenvalue weighted by atomic mass is 10.2. The average Bonchev–Trinajstić information content (AvgIpc) is 3.55. The largest absolute Gasteiger partial charge is 0.416 e. The van der Waals surface area contributed by atoms with Gasteiger partial charge in [0, 0.05) is 19.3 Å². The Labute approximate surface area is 186 Å². The van der Waals surface area contributed by atoms with Crippen molar-refractivity contribution < 1.29 is 40.6 Å². The molecule has 1 aliphatic carbocycles. The van der Waals surface area contributed by atoms with Crippen molar-refractivity contribution in [3.8, 4) is 0 Å². The van der Waals surface area contributed by atoms with Crippen LogP contribution in [0.2, 0.25) is 0 Å². The second-order valence-corrected chi connectivity index (χ2v) is 9.52. The number of amides is 1. The number of pyridine rings is 1. The summed E-state index contributed by atoms with van der Waals surface area (Å²) in [7, 11) is -4.61. The number of aromatic nitrogens is 1. The molecule has 4 N–H and O–H groups in total. The number of aliphatic hydroxyl groups is 1. The van der Waals surface area contributed by atoms with Gasteiger partial charge in [-0.25, -0.2) is 17.8 Å². The zero-order valence-electron chi connectivity index (χ0n) is 17.1. The van der Waals surface area contributed by atoms with E-state index in [2.05, 4.69) is 10.3 Å². The van der Waals surface area contributed by atoms with Crippen LogP contribution in [-0.2, 0) is 20.8 Å². The van der Waals surface area contributed by atoms with E-state index in [-0.39, 0.29) is 30.6 Å². The summed E-state index contributed by atoms with van der Waals surface area (Å²) >= 11 is 0. The summed E-state index contributed by atoms with van der Waals surface area (Å²) in [5, 5.41) is 12.2. The maximum absolute atomic E-state index is 14.2. The number of benzene rings is 1. The number of alkyl halides is 3. The van der Waals surface area contributed by atoms with E-state index in [4.69, 9.17) is 10.5 Å². The number of carbonyl (C=O) groups excluding carboxylic acids is 1. The summed E-state index contributed by atoms with van der Waals surface area (Å²) in [5.41, 5.74) is 3.68. The van der Waals surface area contributed by atoms with Crippen molar-refractivity contribution in [2.45, 2.75) is 34.9 Å². The molecule has 13 heteroatoms. The highest BCUT2D eigenvalue weighted by molar-refractivity contribution is 7.91. The molecule has 0 aliphatic heterocycles. The predicted molar refractivity (Wildman–Crippen MR) is 107 cm³/mol. The number of nitrogens with one attached hydrogen (secondary N) is 1. The summed E-state index contributed by atoms with van der Waals surface area (Å²) in [6, 6.07) is 1.86. The molecule has 1 unspecified atom stereocenters. The Balaban J connectivity index is 1.69. The third kappa shape index (κ3) is 6.18. The fourth-order valence-electron chi connectivity index (χ4n) is 2.83. The van der Waals surface area contributed by atoms with Gasteiger partial charge in [-0.15, -0.1) is 0 Å². The van der Waals surface area contributed by atoms with Crippen LogP contribution < -0.4 is 11.1 Å². The van der Waals surface area contributed by atoms with Crippen molar-refractivity contribution in [2.75, 3.05) is 25.5 Å². The van der Waals surface area contributed by atoms with Gasteiger partial charge in [-0.05, 0) is 43.0 Å². The maximum atomic E-state index is 14.2. The first kappa shape index (κ1) is 24.9. The Hall–Kier alpha value is -2.77. The van der Waals surface area contributed by atoms with E-state index >= 15 is 0 Å². The molecule has 3 rings (SSSR count). The molecule has 1 aromatic carbocycles. The van der Waals surface area contributed by atoms with Crippen LogP contribution in [-0.4, -0.2) is 50.3 Å². The van der Waals surface area contributed by atoms with Crippen LogP contribution in [0.1, 0.15) is 28.9 Å². The number of aliphatic hydroxyl groups excluding tert-OH is 1. The smallest absolute Gasteiger partial charge is 0.397 e. The van der Waals surface area contributed by atoms with Crippen LogP contribution in [0, 0.1) is 11.7 Å². The number of nitrogens with zero attached hydrogens (tertiary/aromatic N) is 1. The predicted octanol–water partition coefficient (Wildman–Crippen LogP) is 2.17. The molecule has 1 aromatic heterocycles. The molecule has 1 fully saturated rings. The number of halogens is 4. The Morgan fingerprint density at radius 3 is 2.58 bits per heavy atom. The van der Waals surface area contributed by atoms with Crippen LogP contribution in [0.3, 0.4) is 0 Å². The number of anilines is 1. The van der Waals surface area contributed by atoms with E-state index < -0.39 is 49.2 Å². The minimum Gasteiger partial charge on any atom is -0.397 e. The Bertz CT molecular complexity index is 1140. The summed E-state index contributed by atoms with van der Waals surface area (Å²) in [6.45, 7) is 0.395.